The Balaban J connectivity index is 2.95. The van der Waals surface area contributed by atoms with Gasteiger partial charge >= 0.3 is 5.97 Å². The maximum absolute atomic E-state index is 11.6. The zero-order chi connectivity index (χ0) is 17.4. The van der Waals surface area contributed by atoms with Gasteiger partial charge in [-0.05, 0) is 18.8 Å². The average Bonchev–Trinajstić information content (AvgIpc) is 2.93. The molecular formula is C16H29N3O4. The molecule has 1 saturated heterocycles. The highest BCUT2D eigenvalue weighted by Crippen LogP contribution is 2.26. The van der Waals surface area contributed by atoms with E-state index in [1.165, 1.54) is 14.0 Å². The van der Waals surface area contributed by atoms with E-state index in [1.54, 1.807) is 6.21 Å². The molecule has 4 atom stereocenters. The molecule has 7 nitrogen and oxygen atoms in total. The van der Waals surface area contributed by atoms with Crippen molar-refractivity contribution < 1.29 is 19.5 Å². The van der Waals surface area contributed by atoms with Gasteiger partial charge in [-0.3, -0.25) is 14.9 Å². The van der Waals surface area contributed by atoms with Crippen LogP contribution < -0.4 is 10.6 Å². The molecule has 132 valence electrons. The first-order valence-corrected chi connectivity index (χ1v) is 8.25. The van der Waals surface area contributed by atoms with Gasteiger partial charge in [0.15, 0.2) is 0 Å². The Morgan fingerprint density at radius 3 is 2.57 bits per heavy atom. The number of carboxylic acids is 1. The summed E-state index contributed by atoms with van der Waals surface area (Å²) >= 11 is 0. The molecule has 0 spiro atoms. The third-order valence-electron chi connectivity index (χ3n) is 4.58. The van der Waals surface area contributed by atoms with E-state index < -0.39 is 12.0 Å². The molecule has 1 fully saturated rings. The standard InChI is InChI=1S/C16H29N3O4/c1-5-11(6-2)7-13(18-10(3)20)15-12(9-17-23-4)8-14(19-15)16(21)22/h9,11-15,19H,5-8H2,1-4H3,(H,18,20)(H,21,22)/t12-,13-,14+,15+/m0/s1. The minimum atomic E-state index is -0.882. The van der Waals surface area contributed by atoms with Gasteiger partial charge in [0.1, 0.15) is 13.2 Å². The maximum Gasteiger partial charge on any atom is 0.320 e. The average molecular weight is 327 g/mol. The second-order valence-corrected chi connectivity index (χ2v) is 6.15. The van der Waals surface area contributed by atoms with Crippen LogP contribution in [-0.4, -0.2) is 48.4 Å². The van der Waals surface area contributed by atoms with Crippen LogP contribution in [0, 0.1) is 11.8 Å². The van der Waals surface area contributed by atoms with Crippen LogP contribution >= 0.6 is 0 Å². The van der Waals surface area contributed by atoms with E-state index in [0.29, 0.717) is 12.3 Å². The van der Waals surface area contributed by atoms with E-state index in [4.69, 9.17) is 4.84 Å². The number of hydrogen-bond donors (Lipinski definition) is 3. The second-order valence-electron chi connectivity index (χ2n) is 6.15. The van der Waals surface area contributed by atoms with Gasteiger partial charge in [0, 0.05) is 31.1 Å². The summed E-state index contributed by atoms with van der Waals surface area (Å²) in [6, 6.07) is -0.930. The second kappa shape index (κ2) is 9.50. The summed E-state index contributed by atoms with van der Waals surface area (Å²) in [6.07, 6.45) is 4.94. The van der Waals surface area contributed by atoms with Gasteiger partial charge in [0.05, 0.1) is 0 Å². The zero-order valence-corrected chi connectivity index (χ0v) is 14.4. The monoisotopic (exact) mass is 327 g/mol. The van der Waals surface area contributed by atoms with Crippen LogP contribution in [0.5, 0.6) is 0 Å². The molecule has 0 radical (unpaired) electrons. The molecule has 1 aliphatic rings. The van der Waals surface area contributed by atoms with E-state index in [0.717, 1.165) is 19.3 Å². The van der Waals surface area contributed by atoms with Crippen LogP contribution in [0.4, 0.5) is 0 Å². The largest absolute Gasteiger partial charge is 0.480 e. The Hall–Kier alpha value is -1.63. The number of carbonyl (C=O) groups excluding carboxylic acids is 1. The smallest absolute Gasteiger partial charge is 0.320 e. The minimum Gasteiger partial charge on any atom is -0.480 e. The van der Waals surface area contributed by atoms with Crippen LogP contribution in [0.25, 0.3) is 0 Å². The van der Waals surface area contributed by atoms with Gasteiger partial charge in [-0.2, -0.15) is 0 Å². The fourth-order valence-electron chi connectivity index (χ4n) is 3.26. The Morgan fingerprint density at radius 1 is 1.43 bits per heavy atom. The summed E-state index contributed by atoms with van der Waals surface area (Å²) in [4.78, 5) is 27.7. The number of hydrogen-bond acceptors (Lipinski definition) is 5. The normalized spacial score (nSPS) is 25.7. The van der Waals surface area contributed by atoms with Crippen LogP contribution in [0.2, 0.25) is 0 Å². The Morgan fingerprint density at radius 2 is 2.09 bits per heavy atom. The van der Waals surface area contributed by atoms with Crippen molar-refractivity contribution in [3.63, 3.8) is 0 Å². The third kappa shape index (κ3) is 5.82. The molecule has 0 aromatic carbocycles. The van der Waals surface area contributed by atoms with Crippen molar-refractivity contribution in [1.29, 1.82) is 0 Å². The van der Waals surface area contributed by atoms with Crippen molar-refractivity contribution in [3.05, 3.63) is 0 Å². The third-order valence-corrected chi connectivity index (χ3v) is 4.58. The van der Waals surface area contributed by atoms with Crippen LogP contribution in [0.15, 0.2) is 5.16 Å². The predicted molar refractivity (Wildman–Crippen MR) is 88.2 cm³/mol. The molecule has 0 aromatic rings. The number of nitrogens with zero attached hydrogens (tertiary/aromatic N) is 1. The van der Waals surface area contributed by atoms with E-state index in [9.17, 15) is 14.7 Å². The van der Waals surface area contributed by atoms with Gasteiger partial charge in [-0.1, -0.05) is 31.8 Å². The molecule has 1 rings (SSSR count). The first kappa shape index (κ1) is 19.4. The fraction of sp³-hybridized carbons (Fsp3) is 0.812. The van der Waals surface area contributed by atoms with Crippen LogP contribution in [0.3, 0.4) is 0 Å². The summed E-state index contributed by atoms with van der Waals surface area (Å²) in [7, 11) is 1.46. The Labute approximate surface area is 137 Å². The van der Waals surface area contributed by atoms with Crippen molar-refractivity contribution >= 4 is 18.1 Å². The number of aliphatic carboxylic acids is 1. The van der Waals surface area contributed by atoms with E-state index in [-0.39, 0.29) is 23.9 Å². The first-order valence-electron chi connectivity index (χ1n) is 8.25. The highest BCUT2D eigenvalue weighted by molar-refractivity contribution is 5.77. The Kier molecular flexibility index (Phi) is 8.02. The lowest BCUT2D eigenvalue weighted by Gasteiger charge is -2.30. The SMILES string of the molecule is CCC(CC)C[C@H](NC(C)=O)[C@@H]1N[C@@H](C(=O)O)C[C@H]1C=NOC. The zero-order valence-electron chi connectivity index (χ0n) is 14.4. The molecule has 0 bridgehead atoms. The van der Waals surface area contributed by atoms with Gasteiger partial charge in [-0.25, -0.2) is 0 Å². The molecule has 1 aliphatic heterocycles. The van der Waals surface area contributed by atoms with Crippen molar-refractivity contribution in [2.45, 2.75) is 64.6 Å². The molecule has 3 N–H and O–H groups in total. The fourth-order valence-corrected chi connectivity index (χ4v) is 3.26. The molecule has 23 heavy (non-hydrogen) atoms. The number of oxime groups is 1. The van der Waals surface area contributed by atoms with E-state index in [1.807, 2.05) is 0 Å². The van der Waals surface area contributed by atoms with E-state index in [2.05, 4.69) is 29.6 Å². The lowest BCUT2D eigenvalue weighted by molar-refractivity contribution is -0.139. The van der Waals surface area contributed by atoms with Gasteiger partial charge in [0.25, 0.3) is 0 Å². The van der Waals surface area contributed by atoms with Gasteiger partial charge in [0.2, 0.25) is 5.91 Å². The van der Waals surface area contributed by atoms with E-state index >= 15 is 0 Å². The molecule has 1 amide bonds. The van der Waals surface area contributed by atoms with Gasteiger partial charge < -0.3 is 15.3 Å². The lowest BCUT2D eigenvalue weighted by atomic mass is 9.86. The summed E-state index contributed by atoms with van der Waals surface area (Å²) in [5.41, 5.74) is 0. The summed E-state index contributed by atoms with van der Waals surface area (Å²) in [6.45, 7) is 5.75. The molecular weight excluding hydrogens is 298 g/mol. The van der Waals surface area contributed by atoms with Crippen molar-refractivity contribution in [1.82, 2.24) is 10.6 Å². The quantitative estimate of drug-likeness (QED) is 0.439. The molecule has 1 heterocycles. The predicted octanol–water partition coefficient (Wildman–Crippen LogP) is 1.38. The first-order chi connectivity index (χ1) is 10.9. The highest BCUT2D eigenvalue weighted by atomic mass is 16.6. The molecule has 0 saturated carbocycles. The Bertz CT molecular complexity index is 424. The topological polar surface area (TPSA) is 100 Å². The number of nitrogens with one attached hydrogen (secondary N) is 2. The molecule has 0 unspecified atom stereocenters. The number of carboxylic acid groups (broad SMARTS) is 1. The minimum absolute atomic E-state index is 0.0951. The molecule has 7 heteroatoms. The van der Waals surface area contributed by atoms with Crippen molar-refractivity contribution in [2.75, 3.05) is 7.11 Å². The summed E-state index contributed by atoms with van der Waals surface area (Å²) in [5.74, 6) is -0.601. The summed E-state index contributed by atoms with van der Waals surface area (Å²) in [5, 5.41) is 19.2. The van der Waals surface area contributed by atoms with Gasteiger partial charge in [-0.15, -0.1) is 0 Å². The summed E-state index contributed by atoms with van der Waals surface area (Å²) < 4.78 is 0. The number of rotatable bonds is 9. The van der Waals surface area contributed by atoms with Crippen LogP contribution in [-0.2, 0) is 14.4 Å². The molecule has 0 aromatic heterocycles. The lowest BCUT2D eigenvalue weighted by Crippen LogP contribution is -2.52. The van der Waals surface area contributed by atoms with Crippen LogP contribution in [0.1, 0.15) is 46.5 Å². The molecule has 0 aliphatic carbocycles. The van der Waals surface area contributed by atoms with Crippen molar-refractivity contribution in [2.24, 2.45) is 17.0 Å². The van der Waals surface area contributed by atoms with Crippen molar-refractivity contribution in [3.8, 4) is 0 Å². The number of carbonyl (C=O) groups is 2. The highest BCUT2D eigenvalue weighted by Gasteiger charge is 2.41. The maximum atomic E-state index is 11.6. The number of amides is 1.